The van der Waals surface area contributed by atoms with Gasteiger partial charge in [-0.1, -0.05) is 48.2 Å². The molecule has 3 aromatic rings. The van der Waals surface area contributed by atoms with Crippen molar-refractivity contribution in [1.82, 2.24) is 9.55 Å². The summed E-state index contributed by atoms with van der Waals surface area (Å²) in [5.74, 6) is -0.0237. The highest BCUT2D eigenvalue weighted by atomic mass is 32.2. The Morgan fingerprint density at radius 3 is 2.77 bits per heavy atom. The number of anilines is 1. The van der Waals surface area contributed by atoms with Gasteiger partial charge in [0.15, 0.2) is 5.16 Å². The van der Waals surface area contributed by atoms with Gasteiger partial charge in [0.1, 0.15) is 0 Å². The van der Waals surface area contributed by atoms with Crippen LogP contribution < -0.4 is 5.32 Å². The molecule has 0 aliphatic carbocycles. The van der Waals surface area contributed by atoms with E-state index in [1.807, 2.05) is 67.2 Å². The van der Waals surface area contributed by atoms with Crippen LogP contribution in [0.3, 0.4) is 0 Å². The van der Waals surface area contributed by atoms with Gasteiger partial charge >= 0.3 is 0 Å². The van der Waals surface area contributed by atoms with Gasteiger partial charge in [-0.15, -0.1) is 0 Å². The Balaban J connectivity index is 1.77. The largest absolute Gasteiger partial charge is 0.329 e. The molecule has 1 N–H and O–H groups in total. The van der Waals surface area contributed by atoms with Gasteiger partial charge in [-0.25, -0.2) is 4.98 Å². The number of nitrogens with zero attached hydrogens (tertiary/aromatic N) is 2. The van der Waals surface area contributed by atoms with Crippen molar-refractivity contribution in [2.75, 3.05) is 5.32 Å². The van der Waals surface area contributed by atoms with Crippen LogP contribution in [0.5, 0.6) is 0 Å². The SMILES string of the molecule is CC(Sc1nccn1C)C(=O)Nc1cccc2ccccc12. The quantitative estimate of drug-likeness (QED) is 0.747. The minimum Gasteiger partial charge on any atom is -0.329 e. The lowest BCUT2D eigenvalue weighted by molar-refractivity contribution is -0.115. The van der Waals surface area contributed by atoms with Crippen LogP contribution in [0, 0.1) is 0 Å². The molecule has 1 atom stereocenters. The first-order chi connectivity index (χ1) is 10.6. The lowest BCUT2D eigenvalue weighted by Crippen LogP contribution is -2.22. The molecule has 0 aliphatic rings. The first kappa shape index (κ1) is 14.7. The highest BCUT2D eigenvalue weighted by Crippen LogP contribution is 2.25. The maximum absolute atomic E-state index is 12.4. The topological polar surface area (TPSA) is 46.9 Å². The Kier molecular flexibility index (Phi) is 4.15. The van der Waals surface area contributed by atoms with Gasteiger partial charge in [0, 0.05) is 30.5 Å². The summed E-state index contributed by atoms with van der Waals surface area (Å²) >= 11 is 1.45. The Bertz CT molecular complexity index is 807. The molecule has 0 fully saturated rings. The zero-order valence-corrected chi connectivity index (χ0v) is 13.3. The van der Waals surface area contributed by atoms with Crippen LogP contribution in [0.25, 0.3) is 10.8 Å². The van der Waals surface area contributed by atoms with E-state index in [-0.39, 0.29) is 11.2 Å². The molecule has 0 saturated carbocycles. The van der Waals surface area contributed by atoms with Crippen LogP contribution in [0.1, 0.15) is 6.92 Å². The van der Waals surface area contributed by atoms with E-state index in [9.17, 15) is 4.79 Å². The number of nitrogens with one attached hydrogen (secondary N) is 1. The molecule has 4 nitrogen and oxygen atoms in total. The van der Waals surface area contributed by atoms with E-state index in [2.05, 4.69) is 10.3 Å². The molecule has 0 saturated heterocycles. The van der Waals surface area contributed by atoms with Crippen molar-refractivity contribution in [1.29, 1.82) is 0 Å². The summed E-state index contributed by atoms with van der Waals surface area (Å²) in [5, 5.41) is 5.80. The molecule has 0 spiro atoms. The molecule has 5 heteroatoms. The van der Waals surface area contributed by atoms with Crippen LogP contribution in [0.15, 0.2) is 60.0 Å². The molecule has 1 amide bonds. The van der Waals surface area contributed by atoms with Gasteiger partial charge in [0.2, 0.25) is 5.91 Å². The van der Waals surface area contributed by atoms with Crippen LogP contribution in [0.2, 0.25) is 0 Å². The van der Waals surface area contributed by atoms with E-state index in [0.29, 0.717) is 0 Å². The lowest BCUT2D eigenvalue weighted by Gasteiger charge is -2.13. The number of aromatic nitrogens is 2. The summed E-state index contributed by atoms with van der Waals surface area (Å²) in [6, 6.07) is 13.9. The van der Waals surface area contributed by atoms with Crippen molar-refractivity contribution in [3.63, 3.8) is 0 Å². The van der Waals surface area contributed by atoms with Crippen molar-refractivity contribution in [2.24, 2.45) is 7.05 Å². The number of rotatable bonds is 4. The summed E-state index contributed by atoms with van der Waals surface area (Å²) in [6.45, 7) is 1.89. The highest BCUT2D eigenvalue weighted by molar-refractivity contribution is 8.00. The van der Waals surface area contributed by atoms with E-state index < -0.39 is 0 Å². The van der Waals surface area contributed by atoms with Crippen molar-refractivity contribution in [3.8, 4) is 0 Å². The molecule has 0 bridgehead atoms. The molecule has 1 unspecified atom stereocenters. The van der Waals surface area contributed by atoms with Gasteiger partial charge in [-0.05, 0) is 18.4 Å². The second-order valence-corrected chi connectivity index (χ2v) is 6.40. The summed E-state index contributed by atoms with van der Waals surface area (Å²) < 4.78 is 1.91. The minimum atomic E-state index is -0.222. The zero-order chi connectivity index (χ0) is 15.5. The van der Waals surface area contributed by atoms with Gasteiger partial charge in [-0.2, -0.15) is 0 Å². The van der Waals surface area contributed by atoms with Crippen molar-refractivity contribution in [2.45, 2.75) is 17.3 Å². The van der Waals surface area contributed by atoms with Gasteiger partial charge < -0.3 is 9.88 Å². The molecular weight excluding hydrogens is 294 g/mol. The summed E-state index contributed by atoms with van der Waals surface area (Å²) in [5.41, 5.74) is 0.843. The number of carbonyl (C=O) groups is 1. The lowest BCUT2D eigenvalue weighted by atomic mass is 10.1. The van der Waals surface area contributed by atoms with Crippen molar-refractivity contribution < 1.29 is 4.79 Å². The van der Waals surface area contributed by atoms with Gasteiger partial charge in [0.25, 0.3) is 0 Å². The smallest absolute Gasteiger partial charge is 0.237 e. The summed E-state index contributed by atoms with van der Waals surface area (Å²) in [4.78, 5) is 16.7. The summed E-state index contributed by atoms with van der Waals surface area (Å²) in [6.07, 6.45) is 3.61. The number of hydrogen-bond donors (Lipinski definition) is 1. The predicted molar refractivity (Wildman–Crippen MR) is 91.1 cm³/mol. The number of aryl methyl sites for hydroxylation is 1. The standard InChI is InChI=1S/C17H17N3OS/c1-12(22-17-18-10-11-20(17)2)16(21)19-15-9-5-7-13-6-3-4-8-14(13)15/h3-12H,1-2H3,(H,19,21). The number of carbonyl (C=O) groups excluding carboxylic acids is 1. The van der Waals surface area contributed by atoms with E-state index >= 15 is 0 Å². The minimum absolute atomic E-state index is 0.0237. The zero-order valence-electron chi connectivity index (χ0n) is 12.5. The molecule has 1 aromatic heterocycles. The third-order valence-corrected chi connectivity index (χ3v) is 4.65. The first-order valence-corrected chi connectivity index (χ1v) is 7.96. The normalized spacial score (nSPS) is 12.3. The average molecular weight is 311 g/mol. The van der Waals surface area contributed by atoms with Crippen molar-refractivity contribution in [3.05, 3.63) is 54.9 Å². The molecule has 112 valence electrons. The van der Waals surface area contributed by atoms with E-state index in [4.69, 9.17) is 0 Å². The van der Waals surface area contributed by atoms with E-state index in [0.717, 1.165) is 21.6 Å². The van der Waals surface area contributed by atoms with Crippen LogP contribution in [-0.4, -0.2) is 20.7 Å². The number of fused-ring (bicyclic) bond motifs is 1. The number of hydrogen-bond acceptors (Lipinski definition) is 3. The number of imidazole rings is 1. The fourth-order valence-electron chi connectivity index (χ4n) is 2.25. The van der Waals surface area contributed by atoms with Crippen molar-refractivity contribution >= 4 is 34.1 Å². The third kappa shape index (κ3) is 2.99. The molecule has 1 heterocycles. The Labute approximate surface area is 133 Å². The van der Waals surface area contributed by atoms with E-state index in [1.54, 1.807) is 6.20 Å². The fourth-order valence-corrected chi connectivity index (χ4v) is 3.08. The molecule has 0 radical (unpaired) electrons. The predicted octanol–water partition coefficient (Wildman–Crippen LogP) is 3.69. The van der Waals surface area contributed by atoms with Crippen LogP contribution in [-0.2, 0) is 11.8 Å². The molecule has 2 aromatic carbocycles. The van der Waals surface area contributed by atoms with Crippen LogP contribution in [0.4, 0.5) is 5.69 Å². The Morgan fingerprint density at radius 1 is 1.23 bits per heavy atom. The monoisotopic (exact) mass is 311 g/mol. The molecule has 22 heavy (non-hydrogen) atoms. The summed E-state index contributed by atoms with van der Waals surface area (Å²) in [7, 11) is 1.92. The van der Waals surface area contributed by atoms with Crippen LogP contribution >= 0.6 is 11.8 Å². The molecule has 3 rings (SSSR count). The second kappa shape index (κ2) is 6.23. The number of thioether (sulfide) groups is 1. The maximum atomic E-state index is 12.4. The Morgan fingerprint density at radius 2 is 2.00 bits per heavy atom. The van der Waals surface area contributed by atoms with Gasteiger partial charge in [-0.3, -0.25) is 4.79 Å². The second-order valence-electron chi connectivity index (χ2n) is 5.10. The molecule has 0 aliphatic heterocycles. The molecular formula is C17H17N3OS. The Hall–Kier alpha value is -2.27. The fraction of sp³-hybridized carbons (Fsp3) is 0.176. The average Bonchev–Trinajstić information content (AvgIpc) is 2.93. The van der Waals surface area contributed by atoms with Gasteiger partial charge in [0.05, 0.1) is 5.25 Å². The number of benzene rings is 2. The highest BCUT2D eigenvalue weighted by Gasteiger charge is 2.17. The number of amides is 1. The third-order valence-electron chi connectivity index (χ3n) is 3.48. The maximum Gasteiger partial charge on any atom is 0.237 e. The van der Waals surface area contributed by atoms with E-state index in [1.165, 1.54) is 11.8 Å². The first-order valence-electron chi connectivity index (χ1n) is 7.08.